The Kier molecular flexibility index (Phi) is 8.16. The molecule has 3 heteroatoms. The Bertz CT molecular complexity index is 2580. The Morgan fingerprint density at radius 3 is 1.63 bits per heavy atom. The van der Waals surface area contributed by atoms with Crippen molar-refractivity contribution in [3.8, 4) is 56.2 Å². The maximum Gasteiger partial charge on any atom is 0.160 e. The summed E-state index contributed by atoms with van der Waals surface area (Å²) in [7, 11) is 0. The Labute approximate surface area is 318 Å². The van der Waals surface area contributed by atoms with Crippen molar-refractivity contribution < 1.29 is 0 Å². The van der Waals surface area contributed by atoms with Crippen molar-refractivity contribution in [3.05, 3.63) is 210 Å². The van der Waals surface area contributed by atoms with Crippen molar-refractivity contribution in [2.45, 2.75) is 38.5 Å². The smallest absolute Gasteiger partial charge is 0.160 e. The number of rotatable bonds is 6. The zero-order chi connectivity index (χ0) is 36.9. The highest BCUT2D eigenvalue weighted by Crippen LogP contribution is 2.58. The van der Waals surface area contributed by atoms with E-state index < -0.39 is 5.41 Å². The molecular weight excluding hydrogens is 655 g/mol. The fraction of sp³-hybridized carbons (Fsp3) is 0.118. The molecule has 0 radical (unpaired) electrons. The average molecular weight is 696 g/mol. The summed E-state index contributed by atoms with van der Waals surface area (Å²) in [5.41, 5.74) is 16.2. The molecule has 1 aliphatic carbocycles. The van der Waals surface area contributed by atoms with Crippen LogP contribution in [0.4, 0.5) is 0 Å². The zero-order valence-corrected chi connectivity index (χ0v) is 31.1. The Morgan fingerprint density at radius 2 is 0.981 bits per heavy atom. The summed E-state index contributed by atoms with van der Waals surface area (Å²) in [5.74, 6) is 0.700. The average Bonchev–Trinajstić information content (AvgIpc) is 3.53. The summed E-state index contributed by atoms with van der Waals surface area (Å²) in [5, 5.41) is 0. The van der Waals surface area contributed by atoms with Gasteiger partial charge in [0.15, 0.2) is 5.82 Å². The third-order valence-electron chi connectivity index (χ3n) is 10.9. The second-order valence-corrected chi connectivity index (χ2v) is 15.2. The van der Waals surface area contributed by atoms with Crippen LogP contribution in [-0.4, -0.2) is 15.0 Å². The van der Waals surface area contributed by atoms with E-state index in [0.717, 1.165) is 50.6 Å². The van der Waals surface area contributed by atoms with Crippen LogP contribution in [0.15, 0.2) is 176 Å². The zero-order valence-electron chi connectivity index (χ0n) is 31.1. The van der Waals surface area contributed by atoms with Gasteiger partial charge in [0.05, 0.1) is 16.8 Å². The number of hydrogen-bond acceptors (Lipinski definition) is 3. The van der Waals surface area contributed by atoms with Gasteiger partial charge in [-0.25, -0.2) is 9.97 Å². The molecule has 0 atom stereocenters. The van der Waals surface area contributed by atoms with Gasteiger partial charge in [0, 0.05) is 39.1 Å². The molecule has 0 saturated heterocycles. The van der Waals surface area contributed by atoms with Gasteiger partial charge in [-0.15, -0.1) is 0 Å². The van der Waals surface area contributed by atoms with Crippen molar-refractivity contribution >= 4 is 0 Å². The topological polar surface area (TPSA) is 38.7 Å². The van der Waals surface area contributed by atoms with E-state index in [1.165, 1.54) is 33.4 Å². The molecule has 0 fully saturated rings. The predicted molar refractivity (Wildman–Crippen MR) is 222 cm³/mol. The molecule has 6 aromatic carbocycles. The SMILES string of the molecule is Cc1nc(C(C)(C)C)ccc1-c1ccc(-c2cc(-c3cccc4c3-c3ccccc3C4(c3ccccc3)c3ccccc3)nc(-c3ccccc3)n2)cc1. The number of nitrogens with zero attached hydrogens (tertiary/aromatic N) is 3. The Balaban J connectivity index is 1.24. The van der Waals surface area contributed by atoms with E-state index in [4.69, 9.17) is 15.0 Å². The lowest BCUT2D eigenvalue weighted by atomic mass is 9.67. The molecule has 2 heterocycles. The summed E-state index contributed by atoms with van der Waals surface area (Å²) in [6.45, 7) is 8.71. The monoisotopic (exact) mass is 695 g/mol. The van der Waals surface area contributed by atoms with E-state index in [-0.39, 0.29) is 5.41 Å². The van der Waals surface area contributed by atoms with Crippen LogP contribution in [0, 0.1) is 6.92 Å². The van der Waals surface area contributed by atoms with Crippen molar-refractivity contribution in [2.75, 3.05) is 0 Å². The van der Waals surface area contributed by atoms with Crippen LogP contribution in [-0.2, 0) is 10.8 Å². The van der Waals surface area contributed by atoms with Gasteiger partial charge < -0.3 is 0 Å². The van der Waals surface area contributed by atoms with Gasteiger partial charge in [-0.3, -0.25) is 4.98 Å². The maximum absolute atomic E-state index is 5.33. The molecule has 0 amide bonds. The molecule has 8 aromatic rings. The molecule has 0 N–H and O–H groups in total. The van der Waals surface area contributed by atoms with E-state index in [2.05, 4.69) is 185 Å². The van der Waals surface area contributed by atoms with Crippen LogP contribution >= 0.6 is 0 Å². The van der Waals surface area contributed by atoms with Gasteiger partial charge in [-0.1, -0.05) is 185 Å². The molecule has 0 bridgehead atoms. The fourth-order valence-corrected chi connectivity index (χ4v) is 8.26. The highest BCUT2D eigenvalue weighted by atomic mass is 14.9. The predicted octanol–water partition coefficient (Wildman–Crippen LogP) is 12.5. The fourth-order valence-electron chi connectivity index (χ4n) is 8.26. The number of hydrogen-bond donors (Lipinski definition) is 0. The van der Waals surface area contributed by atoms with E-state index >= 15 is 0 Å². The number of aromatic nitrogens is 3. The Hall–Kier alpha value is -6.45. The van der Waals surface area contributed by atoms with Crippen LogP contribution in [0.25, 0.3) is 56.2 Å². The summed E-state index contributed by atoms with van der Waals surface area (Å²) < 4.78 is 0. The van der Waals surface area contributed by atoms with Gasteiger partial charge in [-0.05, 0) is 58.0 Å². The van der Waals surface area contributed by atoms with Crippen LogP contribution < -0.4 is 0 Å². The minimum absolute atomic E-state index is 0.000130. The molecule has 0 saturated carbocycles. The molecule has 3 nitrogen and oxygen atoms in total. The number of pyridine rings is 1. The molecule has 54 heavy (non-hydrogen) atoms. The molecular formula is C51H41N3. The van der Waals surface area contributed by atoms with Gasteiger partial charge in [0.2, 0.25) is 0 Å². The normalized spacial score (nSPS) is 13.0. The summed E-state index contributed by atoms with van der Waals surface area (Å²) in [6, 6.07) is 63.0. The second-order valence-electron chi connectivity index (χ2n) is 15.2. The quantitative estimate of drug-likeness (QED) is 0.174. The van der Waals surface area contributed by atoms with E-state index in [0.29, 0.717) is 5.82 Å². The molecule has 9 rings (SSSR count). The summed E-state index contributed by atoms with van der Waals surface area (Å²) in [6.07, 6.45) is 0. The molecule has 260 valence electrons. The van der Waals surface area contributed by atoms with Gasteiger partial charge in [-0.2, -0.15) is 0 Å². The Morgan fingerprint density at radius 1 is 0.426 bits per heavy atom. The van der Waals surface area contributed by atoms with Crippen LogP contribution in [0.3, 0.4) is 0 Å². The van der Waals surface area contributed by atoms with E-state index in [9.17, 15) is 0 Å². The molecule has 0 unspecified atom stereocenters. The first kappa shape index (κ1) is 33.4. The number of fused-ring (bicyclic) bond motifs is 3. The van der Waals surface area contributed by atoms with Crippen LogP contribution in [0.1, 0.15) is 54.4 Å². The third kappa shape index (κ3) is 5.56. The third-order valence-corrected chi connectivity index (χ3v) is 10.9. The minimum Gasteiger partial charge on any atom is -0.257 e. The van der Waals surface area contributed by atoms with Crippen molar-refractivity contribution in [2.24, 2.45) is 0 Å². The number of benzene rings is 6. The first-order chi connectivity index (χ1) is 26.3. The van der Waals surface area contributed by atoms with E-state index in [1.54, 1.807) is 0 Å². The molecule has 0 aliphatic heterocycles. The van der Waals surface area contributed by atoms with E-state index in [1.807, 2.05) is 18.2 Å². The summed E-state index contributed by atoms with van der Waals surface area (Å²) in [4.78, 5) is 15.5. The minimum atomic E-state index is -0.490. The lowest BCUT2D eigenvalue weighted by Gasteiger charge is -2.33. The van der Waals surface area contributed by atoms with Gasteiger partial charge in [0.1, 0.15) is 0 Å². The van der Waals surface area contributed by atoms with Crippen molar-refractivity contribution in [1.82, 2.24) is 15.0 Å². The lowest BCUT2D eigenvalue weighted by molar-refractivity contribution is 0.567. The molecule has 1 aliphatic rings. The van der Waals surface area contributed by atoms with Gasteiger partial charge in [0.25, 0.3) is 0 Å². The largest absolute Gasteiger partial charge is 0.257 e. The van der Waals surface area contributed by atoms with Gasteiger partial charge >= 0.3 is 0 Å². The van der Waals surface area contributed by atoms with Crippen LogP contribution in [0.5, 0.6) is 0 Å². The highest BCUT2D eigenvalue weighted by Gasteiger charge is 2.46. The second kappa shape index (κ2) is 13.2. The first-order valence-electron chi connectivity index (χ1n) is 18.7. The maximum atomic E-state index is 5.33. The molecule has 0 spiro atoms. The highest BCUT2D eigenvalue weighted by molar-refractivity contribution is 5.95. The summed E-state index contributed by atoms with van der Waals surface area (Å²) >= 11 is 0. The number of aryl methyl sites for hydroxylation is 1. The molecule has 2 aromatic heterocycles. The standard InChI is InChI=1S/C51H41N3/c1-34-40(31-32-47(52-34)50(2,3)4)35-27-29-36(30-28-35)45-33-46(54-49(53-45)37-17-8-5-9-18-37)42-24-16-26-44-48(42)41-23-14-15-25-43(41)51(44,38-19-10-6-11-20-38)39-21-12-7-13-22-39/h5-33H,1-4H3. The van der Waals surface area contributed by atoms with Crippen LogP contribution in [0.2, 0.25) is 0 Å². The van der Waals surface area contributed by atoms with Crippen molar-refractivity contribution in [3.63, 3.8) is 0 Å². The first-order valence-corrected chi connectivity index (χ1v) is 18.7. The van der Waals surface area contributed by atoms with Crippen molar-refractivity contribution in [1.29, 1.82) is 0 Å². The lowest BCUT2D eigenvalue weighted by Crippen LogP contribution is -2.28.